The van der Waals surface area contributed by atoms with Gasteiger partial charge in [0.1, 0.15) is 5.82 Å². The Morgan fingerprint density at radius 3 is 2.56 bits per heavy atom. The maximum atomic E-state index is 14.6. The van der Waals surface area contributed by atoms with Crippen molar-refractivity contribution in [2.45, 2.75) is 24.3 Å². The topological polar surface area (TPSA) is 131 Å². The number of halogens is 3. The van der Waals surface area contributed by atoms with Gasteiger partial charge in [0.15, 0.2) is 0 Å². The maximum Gasteiger partial charge on any atom is 0.256 e. The first-order valence-electron chi connectivity index (χ1n) is 11.7. The van der Waals surface area contributed by atoms with Gasteiger partial charge in [-0.25, -0.2) is 17.9 Å². The van der Waals surface area contributed by atoms with Gasteiger partial charge in [0.25, 0.3) is 5.91 Å². The summed E-state index contributed by atoms with van der Waals surface area (Å²) in [5.74, 6) is -1.13. The zero-order chi connectivity index (χ0) is 28.2. The third kappa shape index (κ3) is 4.98. The van der Waals surface area contributed by atoms with Gasteiger partial charge in [-0.3, -0.25) is 14.3 Å². The number of hydrogen-bond acceptors (Lipinski definition) is 5. The summed E-state index contributed by atoms with van der Waals surface area (Å²) >= 11 is 12.8. The minimum absolute atomic E-state index is 0.0167. The lowest BCUT2D eigenvalue weighted by Crippen LogP contribution is -2.39. The first kappa shape index (κ1) is 27.1. The molecule has 202 valence electrons. The number of aromatic nitrogens is 3. The molecule has 9 nitrogen and oxygen atoms in total. The molecule has 3 heterocycles. The smallest absolute Gasteiger partial charge is 0.256 e. The largest absolute Gasteiger partial charge is 0.330 e. The molecular weight excluding hydrogens is 568 g/mol. The third-order valence-electron chi connectivity index (χ3n) is 6.74. The zero-order valence-electron chi connectivity index (χ0n) is 20.7. The zero-order valence-corrected chi connectivity index (χ0v) is 23.0. The first-order chi connectivity index (χ1) is 18.3. The Morgan fingerprint density at radius 1 is 1.15 bits per heavy atom. The normalized spacial score (nSPS) is 15.3. The molecule has 0 bridgehead atoms. The van der Waals surface area contributed by atoms with Gasteiger partial charge in [0.05, 0.1) is 32.9 Å². The van der Waals surface area contributed by atoms with Crippen molar-refractivity contribution in [3.8, 4) is 22.4 Å². The predicted molar refractivity (Wildman–Crippen MR) is 146 cm³/mol. The fourth-order valence-corrected chi connectivity index (χ4v) is 6.12. The fraction of sp³-hybridized carbons (Fsp3) is 0.192. The number of nitrogens with two attached hydrogens (primary N) is 1. The number of rotatable bonds is 4. The molecule has 1 unspecified atom stereocenters. The average molecular weight is 590 g/mol. The molecule has 1 aliphatic rings. The van der Waals surface area contributed by atoms with Crippen LogP contribution < -0.4 is 10.7 Å². The molecule has 1 amide bonds. The molecular formula is C26H22Cl2FN5O4S. The summed E-state index contributed by atoms with van der Waals surface area (Å²) < 4.78 is 40.2. The molecule has 4 aromatic rings. The Morgan fingerprint density at radius 2 is 1.90 bits per heavy atom. The van der Waals surface area contributed by atoms with Crippen molar-refractivity contribution < 1.29 is 17.6 Å². The quantitative estimate of drug-likeness (QED) is 0.366. The molecule has 3 N–H and O–H groups in total. The molecule has 39 heavy (non-hydrogen) atoms. The molecule has 13 heteroatoms. The molecule has 0 radical (unpaired) electrons. The number of benzene rings is 2. The molecule has 0 aliphatic carbocycles. The molecule has 0 fully saturated rings. The van der Waals surface area contributed by atoms with Crippen LogP contribution in [0.15, 0.2) is 58.4 Å². The number of carbonyl (C=O) groups excluding carboxylic acids is 1. The van der Waals surface area contributed by atoms with E-state index >= 15 is 0 Å². The number of sulfonamides is 1. The number of hydrogen-bond donors (Lipinski definition) is 2. The number of nitrogens with zero attached hydrogens (tertiary/aromatic N) is 3. The van der Waals surface area contributed by atoms with Crippen LogP contribution >= 0.6 is 23.2 Å². The number of aryl methyl sites for hydroxylation is 1. The van der Waals surface area contributed by atoms with E-state index in [0.717, 1.165) is 11.6 Å². The Labute approximate surface area is 233 Å². The van der Waals surface area contributed by atoms with E-state index in [1.165, 1.54) is 36.5 Å². The summed E-state index contributed by atoms with van der Waals surface area (Å²) in [7, 11) is -2.28. The number of primary sulfonamides is 1. The van der Waals surface area contributed by atoms with E-state index < -0.39 is 27.8 Å². The highest BCUT2D eigenvalue weighted by molar-refractivity contribution is 7.89. The molecule has 1 aliphatic heterocycles. The lowest BCUT2D eigenvalue weighted by molar-refractivity contribution is 0.0673. The van der Waals surface area contributed by atoms with Gasteiger partial charge in [0, 0.05) is 47.6 Å². The maximum absolute atomic E-state index is 14.6. The Hall–Kier alpha value is -3.51. The Kier molecular flexibility index (Phi) is 6.88. The van der Waals surface area contributed by atoms with Crippen molar-refractivity contribution in [3.05, 3.63) is 91.7 Å². The van der Waals surface area contributed by atoms with Gasteiger partial charge in [-0.2, -0.15) is 5.10 Å². The van der Waals surface area contributed by atoms with Gasteiger partial charge < -0.3 is 9.88 Å². The summed E-state index contributed by atoms with van der Waals surface area (Å²) in [5.41, 5.74) is 3.00. The molecule has 0 spiro atoms. The third-order valence-corrected chi connectivity index (χ3v) is 8.26. The molecule has 2 aromatic carbocycles. The van der Waals surface area contributed by atoms with Gasteiger partial charge in [-0.05, 0) is 55.3 Å². The second kappa shape index (κ2) is 9.91. The Balaban J connectivity index is 1.53. The van der Waals surface area contributed by atoms with Crippen molar-refractivity contribution in [2.75, 3.05) is 6.54 Å². The van der Waals surface area contributed by atoms with Crippen LogP contribution in [0.4, 0.5) is 4.39 Å². The second-order valence-corrected chi connectivity index (χ2v) is 11.6. The van der Waals surface area contributed by atoms with Crippen LogP contribution in [0.25, 0.3) is 22.4 Å². The lowest BCUT2D eigenvalue weighted by Gasteiger charge is -2.33. The van der Waals surface area contributed by atoms with E-state index in [0.29, 0.717) is 28.9 Å². The minimum Gasteiger partial charge on any atom is -0.330 e. The number of pyridine rings is 1. The van der Waals surface area contributed by atoms with E-state index in [9.17, 15) is 22.4 Å². The van der Waals surface area contributed by atoms with Crippen molar-refractivity contribution in [3.63, 3.8) is 0 Å². The van der Waals surface area contributed by atoms with Crippen LogP contribution in [0.2, 0.25) is 10.0 Å². The van der Waals surface area contributed by atoms with E-state index in [1.54, 1.807) is 29.6 Å². The average Bonchev–Trinajstić information content (AvgIpc) is 3.21. The highest BCUT2D eigenvalue weighted by atomic mass is 35.5. The highest BCUT2D eigenvalue weighted by Crippen LogP contribution is 2.39. The second-order valence-electron chi connectivity index (χ2n) is 9.24. The van der Waals surface area contributed by atoms with Crippen LogP contribution in [-0.4, -0.2) is 40.5 Å². The van der Waals surface area contributed by atoms with E-state index in [2.05, 4.69) is 10.1 Å². The van der Waals surface area contributed by atoms with Crippen LogP contribution in [0.3, 0.4) is 0 Å². The number of fused-ring (bicyclic) bond motifs is 1. The lowest BCUT2D eigenvalue weighted by atomic mass is 9.94. The number of nitrogens with one attached hydrogen (secondary N) is 1. The van der Waals surface area contributed by atoms with Gasteiger partial charge in [-0.15, -0.1) is 0 Å². The molecule has 5 rings (SSSR count). The summed E-state index contributed by atoms with van der Waals surface area (Å²) in [6.07, 6.45) is 1.80. The van der Waals surface area contributed by atoms with Crippen LogP contribution in [-0.2, 0) is 23.5 Å². The standard InChI is InChI=1S/C26H22Cl2FN5O4S/c1-13-24-19(25(33(2)32-24)15-7-16(27)9-18(8-15)39(30,37)38)5-6-34(13)26(36)21-11-17(29)10-20(23(21)28)14-3-4-22(35)31-12-14/h3-4,7-13H,5-6H2,1-2H3,(H,31,35)(H2,30,37,38). The summed E-state index contributed by atoms with van der Waals surface area (Å²) in [6.45, 7) is 2.07. The summed E-state index contributed by atoms with van der Waals surface area (Å²) in [6, 6.07) is 8.91. The first-order valence-corrected chi connectivity index (χ1v) is 14.0. The fourth-order valence-electron chi connectivity index (χ4n) is 4.93. The van der Waals surface area contributed by atoms with Crippen molar-refractivity contribution >= 4 is 39.1 Å². The number of amides is 1. The minimum atomic E-state index is -4.00. The van der Waals surface area contributed by atoms with Gasteiger partial charge in [0.2, 0.25) is 15.6 Å². The van der Waals surface area contributed by atoms with Gasteiger partial charge in [-0.1, -0.05) is 23.2 Å². The molecule has 2 aromatic heterocycles. The van der Waals surface area contributed by atoms with Crippen molar-refractivity contribution in [1.82, 2.24) is 19.7 Å². The molecule has 1 atom stereocenters. The van der Waals surface area contributed by atoms with E-state index in [-0.39, 0.29) is 38.2 Å². The number of carbonyl (C=O) groups is 1. The summed E-state index contributed by atoms with van der Waals surface area (Å²) in [4.78, 5) is 29.1. The Bertz CT molecular complexity index is 1800. The van der Waals surface area contributed by atoms with E-state index in [4.69, 9.17) is 28.3 Å². The number of aromatic amines is 1. The summed E-state index contributed by atoms with van der Waals surface area (Å²) in [5, 5.41) is 10.2. The SMILES string of the molecule is CC1c2nn(C)c(-c3cc(Cl)cc(S(N)(=O)=O)c3)c2CCN1C(=O)c1cc(F)cc(-c2ccc(=O)[nH]c2)c1Cl. The predicted octanol–water partition coefficient (Wildman–Crippen LogP) is 4.30. The monoisotopic (exact) mass is 589 g/mol. The van der Waals surface area contributed by atoms with E-state index in [1.807, 2.05) is 0 Å². The van der Waals surface area contributed by atoms with Gasteiger partial charge >= 0.3 is 0 Å². The number of H-pyrrole nitrogens is 1. The van der Waals surface area contributed by atoms with Crippen LogP contribution in [0.1, 0.15) is 34.6 Å². The van der Waals surface area contributed by atoms with Crippen molar-refractivity contribution in [1.29, 1.82) is 0 Å². The highest BCUT2D eigenvalue weighted by Gasteiger charge is 2.34. The molecule has 0 saturated carbocycles. The van der Waals surface area contributed by atoms with Crippen LogP contribution in [0, 0.1) is 5.82 Å². The van der Waals surface area contributed by atoms with Crippen molar-refractivity contribution in [2.24, 2.45) is 12.2 Å². The molecule has 0 saturated heterocycles. The van der Waals surface area contributed by atoms with Crippen LogP contribution in [0.5, 0.6) is 0 Å².